The van der Waals surface area contributed by atoms with Crippen LogP contribution in [-0.4, -0.2) is 95.7 Å². The van der Waals surface area contributed by atoms with E-state index in [9.17, 15) is 19.2 Å². The second-order valence-corrected chi connectivity index (χ2v) is 8.82. The first-order valence-corrected chi connectivity index (χ1v) is 12.1. The lowest BCUT2D eigenvalue weighted by Crippen LogP contribution is -2.32. The summed E-state index contributed by atoms with van der Waals surface area (Å²) < 4.78 is 5.10. The van der Waals surface area contributed by atoms with Gasteiger partial charge in [0.15, 0.2) is 0 Å². The Labute approximate surface area is 216 Å². The number of ether oxygens (including phenoxy) is 1. The first kappa shape index (κ1) is 27.7. The number of hydrogen-bond donors (Lipinski definition) is 1. The number of imide groups is 2. The molecule has 3 aliphatic rings. The van der Waals surface area contributed by atoms with Gasteiger partial charge in [0, 0.05) is 40.0 Å². The number of amides is 4. The number of aromatic amines is 1. The van der Waals surface area contributed by atoms with Crippen LogP contribution in [0.1, 0.15) is 39.4 Å². The molecule has 0 saturated carbocycles. The molecule has 0 aliphatic carbocycles. The zero-order valence-electron chi connectivity index (χ0n) is 21.7. The number of rotatable bonds is 0. The van der Waals surface area contributed by atoms with Crippen LogP contribution in [-0.2, 0) is 14.3 Å². The molecule has 0 bridgehead atoms. The van der Waals surface area contributed by atoms with Crippen molar-refractivity contribution >= 4 is 34.7 Å². The van der Waals surface area contributed by atoms with Crippen LogP contribution in [0.3, 0.4) is 0 Å². The number of fused-ring (bicyclic) bond motifs is 2. The fourth-order valence-electron chi connectivity index (χ4n) is 3.73. The van der Waals surface area contributed by atoms with Crippen molar-refractivity contribution in [2.45, 2.75) is 19.8 Å². The highest BCUT2D eigenvalue weighted by Crippen LogP contribution is 2.20. The number of H-pyrrole nitrogens is 1. The zero-order valence-corrected chi connectivity index (χ0v) is 21.7. The quantitative estimate of drug-likeness (QED) is 0.465. The Kier molecular flexibility index (Phi) is 9.64. The number of aromatic nitrogens is 2. The summed E-state index contributed by atoms with van der Waals surface area (Å²) in [5.41, 5.74) is 3.16. The Morgan fingerprint density at radius 3 is 1.70 bits per heavy atom. The largest absolute Gasteiger partial charge is 0.379 e. The van der Waals surface area contributed by atoms with Crippen LogP contribution >= 0.6 is 0 Å². The van der Waals surface area contributed by atoms with Crippen LogP contribution < -0.4 is 0 Å². The highest BCUT2D eigenvalue weighted by atomic mass is 16.5. The lowest BCUT2D eigenvalue weighted by Gasteiger charge is -2.21. The van der Waals surface area contributed by atoms with Crippen molar-refractivity contribution in [3.8, 4) is 0 Å². The van der Waals surface area contributed by atoms with Crippen LogP contribution in [0.25, 0.3) is 11.0 Å². The van der Waals surface area contributed by atoms with Crippen LogP contribution in [0, 0.1) is 6.92 Å². The molecule has 10 heteroatoms. The lowest BCUT2D eigenvalue weighted by atomic mass is 10.1. The molecule has 1 N–H and O–H groups in total. The Morgan fingerprint density at radius 2 is 1.27 bits per heavy atom. The average molecular weight is 508 g/mol. The molecule has 3 aliphatic heterocycles. The third-order valence-electron chi connectivity index (χ3n) is 6.04. The number of aryl methyl sites for hydroxylation is 1. The number of nitrogens with zero attached hydrogens (tertiary/aromatic N) is 4. The molecule has 10 nitrogen and oxygen atoms in total. The standard InChI is InChI=1S/C9H7NO2.C8H8N2.C5H7NO2.C5H11NO/c1-10-8(11)6-4-2-3-5-7(6)9(10)12;1-6-9-7-4-2-3-5-8(7)10-6;1-6-4(7)2-3-5(6)8;1-6-2-4-7-5-3-6/h2-5H,1H3;2-5H,1H3,(H,9,10);2-3H2,1H3;2-5H2,1H3. The molecule has 4 amide bonds. The van der Waals surface area contributed by atoms with E-state index in [0.717, 1.165) is 48.1 Å². The van der Waals surface area contributed by atoms with Crippen molar-refractivity contribution in [3.63, 3.8) is 0 Å². The van der Waals surface area contributed by atoms with Gasteiger partial charge in [-0.3, -0.25) is 29.0 Å². The monoisotopic (exact) mass is 507 g/mol. The molecule has 0 unspecified atom stereocenters. The fourth-order valence-corrected chi connectivity index (χ4v) is 3.73. The predicted molar refractivity (Wildman–Crippen MR) is 139 cm³/mol. The van der Waals surface area contributed by atoms with Crippen molar-refractivity contribution in [2.75, 3.05) is 47.4 Å². The van der Waals surface area contributed by atoms with Crippen molar-refractivity contribution in [2.24, 2.45) is 0 Å². The van der Waals surface area contributed by atoms with E-state index in [0.29, 0.717) is 24.0 Å². The van der Waals surface area contributed by atoms with Gasteiger partial charge in [-0.25, -0.2) is 4.98 Å². The van der Waals surface area contributed by atoms with Crippen molar-refractivity contribution in [1.82, 2.24) is 24.7 Å². The lowest BCUT2D eigenvalue weighted by molar-refractivity contribution is -0.136. The van der Waals surface area contributed by atoms with Gasteiger partial charge in [-0.15, -0.1) is 0 Å². The molecule has 2 aromatic carbocycles. The smallest absolute Gasteiger partial charge is 0.261 e. The number of benzene rings is 2. The Morgan fingerprint density at radius 1 is 0.757 bits per heavy atom. The Hall–Kier alpha value is -3.89. The molecule has 1 aromatic heterocycles. The number of likely N-dealkylation sites (tertiary alicyclic amines) is 1. The van der Waals surface area contributed by atoms with E-state index in [1.54, 1.807) is 24.3 Å². The number of likely N-dealkylation sites (N-methyl/N-ethyl adjacent to an activating group) is 1. The molecule has 2 fully saturated rings. The first-order chi connectivity index (χ1) is 17.7. The molecule has 6 rings (SSSR count). The van der Waals surface area contributed by atoms with E-state index in [1.807, 2.05) is 31.2 Å². The number of nitrogens with one attached hydrogen (secondary N) is 1. The van der Waals surface area contributed by atoms with Crippen molar-refractivity contribution < 1.29 is 23.9 Å². The predicted octanol–water partition coefficient (Wildman–Crippen LogP) is 2.50. The van der Waals surface area contributed by atoms with Gasteiger partial charge in [0.05, 0.1) is 35.4 Å². The SMILES string of the molecule is CN1C(=O)CCC1=O.CN1C(=O)c2ccccc2C1=O.CN1CCOCC1.Cc1nc2ccccc2[nH]1. The Balaban J connectivity index is 0.000000140. The molecular weight excluding hydrogens is 474 g/mol. The molecule has 0 radical (unpaired) electrons. The summed E-state index contributed by atoms with van der Waals surface area (Å²) in [6.07, 6.45) is 0.796. The third kappa shape index (κ3) is 7.31. The topological polar surface area (TPSA) is 116 Å². The van der Waals surface area contributed by atoms with Crippen molar-refractivity contribution in [3.05, 3.63) is 65.5 Å². The van der Waals surface area contributed by atoms with Gasteiger partial charge in [0.25, 0.3) is 11.8 Å². The number of morpholine rings is 1. The number of carbonyl (C=O) groups excluding carboxylic acids is 4. The van der Waals surface area contributed by atoms with Gasteiger partial charge in [-0.1, -0.05) is 24.3 Å². The number of para-hydroxylation sites is 2. The summed E-state index contributed by atoms with van der Waals surface area (Å²) in [7, 11) is 5.12. The zero-order chi connectivity index (χ0) is 26.9. The van der Waals surface area contributed by atoms with Gasteiger partial charge >= 0.3 is 0 Å². The van der Waals surface area contributed by atoms with Crippen LogP contribution in [0.5, 0.6) is 0 Å². The summed E-state index contributed by atoms with van der Waals surface area (Å²) in [6.45, 7) is 5.98. The molecule has 2 saturated heterocycles. The normalized spacial score (nSPS) is 17.0. The van der Waals surface area contributed by atoms with Gasteiger partial charge < -0.3 is 14.6 Å². The van der Waals surface area contributed by atoms with Gasteiger partial charge in [0.2, 0.25) is 11.8 Å². The summed E-state index contributed by atoms with van der Waals surface area (Å²) in [4.78, 5) is 55.6. The molecule has 37 heavy (non-hydrogen) atoms. The van der Waals surface area contributed by atoms with Crippen LogP contribution in [0.2, 0.25) is 0 Å². The molecule has 196 valence electrons. The minimum absolute atomic E-state index is 0.0602. The number of hydrogen-bond acceptors (Lipinski definition) is 7. The summed E-state index contributed by atoms with van der Waals surface area (Å²) in [5, 5.41) is 0. The van der Waals surface area contributed by atoms with E-state index < -0.39 is 0 Å². The second kappa shape index (κ2) is 12.9. The summed E-state index contributed by atoms with van der Waals surface area (Å²) in [6, 6.07) is 14.8. The molecule has 0 atom stereocenters. The maximum absolute atomic E-state index is 11.3. The van der Waals surface area contributed by atoms with E-state index in [1.165, 1.54) is 19.0 Å². The van der Waals surface area contributed by atoms with Crippen molar-refractivity contribution in [1.29, 1.82) is 0 Å². The van der Waals surface area contributed by atoms with Crippen LogP contribution in [0.4, 0.5) is 0 Å². The van der Waals surface area contributed by atoms with E-state index in [2.05, 4.69) is 21.9 Å². The van der Waals surface area contributed by atoms with E-state index in [-0.39, 0.29) is 23.6 Å². The van der Waals surface area contributed by atoms with Gasteiger partial charge in [-0.05, 0) is 38.2 Å². The minimum Gasteiger partial charge on any atom is -0.379 e. The maximum Gasteiger partial charge on any atom is 0.261 e. The number of carbonyl (C=O) groups is 4. The minimum atomic E-state index is -0.212. The highest BCUT2D eigenvalue weighted by molar-refractivity contribution is 6.21. The highest BCUT2D eigenvalue weighted by Gasteiger charge is 2.31. The summed E-state index contributed by atoms with van der Waals surface area (Å²) >= 11 is 0. The average Bonchev–Trinajstić information content (AvgIpc) is 3.51. The van der Waals surface area contributed by atoms with Gasteiger partial charge in [0.1, 0.15) is 5.82 Å². The second-order valence-electron chi connectivity index (χ2n) is 8.82. The molecular formula is C27H33N5O5. The van der Waals surface area contributed by atoms with E-state index >= 15 is 0 Å². The van der Waals surface area contributed by atoms with Crippen LogP contribution in [0.15, 0.2) is 48.5 Å². The van der Waals surface area contributed by atoms with E-state index in [4.69, 9.17) is 4.74 Å². The fraction of sp³-hybridized carbons (Fsp3) is 0.370. The first-order valence-electron chi connectivity index (χ1n) is 12.1. The van der Waals surface area contributed by atoms with Gasteiger partial charge in [-0.2, -0.15) is 0 Å². The molecule has 0 spiro atoms. The molecule has 3 aromatic rings. The molecule has 4 heterocycles. The number of imidazole rings is 1. The third-order valence-corrected chi connectivity index (χ3v) is 6.04. The Bertz CT molecular complexity index is 1180. The maximum atomic E-state index is 11.3. The summed E-state index contributed by atoms with van der Waals surface area (Å²) in [5.74, 6) is 0.428.